The first kappa shape index (κ1) is 11.3. The first-order valence-corrected chi connectivity index (χ1v) is 5.24. The Morgan fingerprint density at radius 1 is 1.36 bits per heavy atom. The van der Waals surface area contributed by atoms with Gasteiger partial charge in [-0.3, -0.25) is 0 Å². The summed E-state index contributed by atoms with van der Waals surface area (Å²) in [7, 11) is -2.88. The van der Waals surface area contributed by atoms with Crippen LogP contribution in [0.4, 0.5) is 0 Å². The molecule has 8 heteroatoms. The number of rotatable bonds is 3. The van der Waals surface area contributed by atoms with Crippen molar-refractivity contribution in [3.05, 3.63) is 12.1 Å². The van der Waals surface area contributed by atoms with Crippen molar-refractivity contribution < 1.29 is 27.3 Å². The lowest BCUT2D eigenvalue weighted by Crippen LogP contribution is -1.85. The molecule has 14 heavy (non-hydrogen) atoms. The van der Waals surface area contributed by atoms with Crippen LogP contribution in [0.2, 0.25) is 0 Å². The summed E-state index contributed by atoms with van der Waals surface area (Å²) in [4.78, 5) is 8.47. The topological polar surface area (TPSA) is 96.2 Å². The standard InChI is InChI=1S/C6H4IO6P/c7-12-6-4(9)1-3(8)2-5(6)13-14(10)11/h1-2H,(H2-,8,9,10,11)/p+1. The minimum absolute atomic E-state index is 0.124. The zero-order chi connectivity index (χ0) is 10.7. The molecule has 0 heterocycles. The molecule has 1 aromatic carbocycles. The zero-order valence-electron chi connectivity index (χ0n) is 6.55. The van der Waals surface area contributed by atoms with Gasteiger partial charge in [-0.25, -0.2) is 4.52 Å². The number of benzene rings is 1. The Hall–Kier alpha value is -0.790. The molecule has 1 unspecified atom stereocenters. The van der Waals surface area contributed by atoms with E-state index in [2.05, 4.69) is 7.59 Å². The first-order valence-electron chi connectivity index (χ1n) is 3.23. The number of aromatic hydroxyl groups is 2. The molecule has 1 atom stereocenters. The van der Waals surface area contributed by atoms with Crippen molar-refractivity contribution in [1.29, 1.82) is 0 Å². The van der Waals surface area contributed by atoms with Crippen LogP contribution >= 0.6 is 31.3 Å². The van der Waals surface area contributed by atoms with Crippen LogP contribution in [-0.4, -0.2) is 15.1 Å². The summed E-state index contributed by atoms with van der Waals surface area (Å²) in [5, 5.41) is 18.3. The molecule has 6 nitrogen and oxygen atoms in total. The molecule has 0 aliphatic carbocycles. The smallest absolute Gasteiger partial charge is 0.508 e. The van der Waals surface area contributed by atoms with Crippen LogP contribution in [0.3, 0.4) is 0 Å². The summed E-state index contributed by atoms with van der Waals surface area (Å²) in [5.74, 6) is -1.01. The molecule has 0 spiro atoms. The molecular formula is C6H5IO6P+. The van der Waals surface area contributed by atoms with Crippen LogP contribution in [0.15, 0.2) is 12.1 Å². The molecule has 1 rings (SSSR count). The van der Waals surface area contributed by atoms with Gasteiger partial charge in [-0.2, -0.15) is 0 Å². The second-order valence-electron chi connectivity index (χ2n) is 2.20. The van der Waals surface area contributed by atoms with E-state index < -0.39 is 8.25 Å². The molecule has 0 saturated heterocycles. The van der Waals surface area contributed by atoms with Gasteiger partial charge in [-0.05, 0) is 0 Å². The molecule has 1 aromatic rings. The quantitative estimate of drug-likeness (QED) is 0.578. The van der Waals surface area contributed by atoms with Crippen LogP contribution in [0.5, 0.6) is 23.0 Å². The SMILES string of the molecule is O=[P+](O)Oc1cc(O)cc(O)c1OI. The predicted octanol–water partition coefficient (Wildman–Crippen LogP) is 1.86. The zero-order valence-corrected chi connectivity index (χ0v) is 9.60. The molecule has 0 bridgehead atoms. The van der Waals surface area contributed by atoms with Gasteiger partial charge in [-0.15, -0.1) is 4.89 Å². The predicted molar refractivity (Wildman–Crippen MR) is 54.9 cm³/mol. The van der Waals surface area contributed by atoms with E-state index in [1.165, 1.54) is 23.0 Å². The molecule has 0 aliphatic rings. The van der Waals surface area contributed by atoms with Crippen molar-refractivity contribution >= 4 is 31.3 Å². The van der Waals surface area contributed by atoms with Crippen molar-refractivity contribution in [2.75, 3.05) is 0 Å². The summed E-state index contributed by atoms with van der Waals surface area (Å²) in [6.45, 7) is 0. The molecule has 0 amide bonds. The Balaban J connectivity index is 3.17. The third kappa shape index (κ3) is 2.60. The van der Waals surface area contributed by atoms with Crippen LogP contribution < -0.4 is 7.59 Å². The normalized spacial score (nSPS) is 10.9. The highest BCUT2D eigenvalue weighted by Gasteiger charge is 2.22. The molecule has 0 radical (unpaired) electrons. The second-order valence-corrected chi connectivity index (χ2v) is 3.30. The van der Waals surface area contributed by atoms with Gasteiger partial charge in [0.2, 0.25) is 11.5 Å². The number of hydrogen-bond donors (Lipinski definition) is 3. The van der Waals surface area contributed by atoms with Crippen molar-refractivity contribution in [2.45, 2.75) is 0 Å². The number of phenolic OH excluding ortho intramolecular Hbond substituents is 2. The van der Waals surface area contributed by atoms with E-state index in [4.69, 9.17) is 10.00 Å². The molecular weight excluding hydrogens is 326 g/mol. The highest BCUT2D eigenvalue weighted by Crippen LogP contribution is 2.43. The minimum atomic E-state index is -2.88. The Morgan fingerprint density at radius 3 is 2.50 bits per heavy atom. The highest BCUT2D eigenvalue weighted by atomic mass is 127. The highest BCUT2D eigenvalue weighted by molar-refractivity contribution is 14.1. The van der Waals surface area contributed by atoms with Crippen LogP contribution in [0, 0.1) is 0 Å². The minimum Gasteiger partial charge on any atom is -0.508 e. The Morgan fingerprint density at radius 2 is 2.00 bits per heavy atom. The molecule has 0 aliphatic heterocycles. The summed E-state index contributed by atoms with van der Waals surface area (Å²) in [6.07, 6.45) is 0. The third-order valence-electron chi connectivity index (χ3n) is 1.27. The fourth-order valence-corrected chi connectivity index (χ4v) is 1.55. The van der Waals surface area contributed by atoms with Gasteiger partial charge in [0.15, 0.2) is 28.8 Å². The molecule has 0 saturated carbocycles. The van der Waals surface area contributed by atoms with Crippen LogP contribution in [-0.2, 0) is 4.57 Å². The maximum Gasteiger partial charge on any atom is 0.747 e. The van der Waals surface area contributed by atoms with Crippen molar-refractivity contribution in [3.8, 4) is 23.0 Å². The van der Waals surface area contributed by atoms with E-state index in [0.717, 1.165) is 12.1 Å². The van der Waals surface area contributed by atoms with E-state index in [9.17, 15) is 9.67 Å². The van der Waals surface area contributed by atoms with E-state index in [0.29, 0.717) is 0 Å². The summed E-state index contributed by atoms with van der Waals surface area (Å²) in [5.41, 5.74) is 0. The van der Waals surface area contributed by atoms with Crippen molar-refractivity contribution in [1.82, 2.24) is 0 Å². The molecule has 0 aromatic heterocycles. The van der Waals surface area contributed by atoms with Crippen LogP contribution in [0.25, 0.3) is 0 Å². The van der Waals surface area contributed by atoms with Gasteiger partial charge in [0.1, 0.15) is 5.75 Å². The van der Waals surface area contributed by atoms with Gasteiger partial charge in [0, 0.05) is 16.7 Å². The largest absolute Gasteiger partial charge is 0.747 e. The lowest BCUT2D eigenvalue weighted by molar-refractivity contribution is 0.394. The van der Waals surface area contributed by atoms with E-state index >= 15 is 0 Å². The summed E-state index contributed by atoms with van der Waals surface area (Å²) < 4.78 is 19.5. The van der Waals surface area contributed by atoms with Gasteiger partial charge < -0.3 is 13.3 Å². The van der Waals surface area contributed by atoms with Gasteiger partial charge >= 0.3 is 8.25 Å². The lowest BCUT2D eigenvalue weighted by atomic mass is 10.3. The van der Waals surface area contributed by atoms with Gasteiger partial charge in [0.05, 0.1) is 0 Å². The second kappa shape index (κ2) is 4.63. The van der Waals surface area contributed by atoms with Crippen molar-refractivity contribution in [3.63, 3.8) is 0 Å². The van der Waals surface area contributed by atoms with Crippen LogP contribution in [0.1, 0.15) is 0 Å². The van der Waals surface area contributed by atoms with E-state index in [1.54, 1.807) is 0 Å². The van der Waals surface area contributed by atoms with E-state index in [-0.39, 0.29) is 23.0 Å². The monoisotopic (exact) mass is 331 g/mol. The number of halogens is 1. The number of hydrogen-bond acceptors (Lipinski definition) is 5. The molecule has 0 fully saturated rings. The number of phenols is 2. The fourth-order valence-electron chi connectivity index (χ4n) is 0.803. The van der Waals surface area contributed by atoms with E-state index in [1.807, 2.05) is 0 Å². The summed E-state index contributed by atoms with van der Waals surface area (Å²) in [6, 6.07) is 2.07. The first-order chi connectivity index (χ1) is 6.54. The Bertz CT molecular complexity index is 368. The van der Waals surface area contributed by atoms with Gasteiger partial charge in [-0.1, -0.05) is 0 Å². The Kier molecular flexibility index (Phi) is 3.73. The summed E-state index contributed by atoms with van der Waals surface area (Å²) >= 11 is 1.46. The average Bonchev–Trinajstić information content (AvgIpc) is 2.01. The fraction of sp³-hybridized carbons (Fsp3) is 0. The van der Waals surface area contributed by atoms with Gasteiger partial charge in [0.25, 0.3) is 0 Å². The average molecular weight is 331 g/mol. The lowest BCUT2D eigenvalue weighted by Gasteiger charge is -2.03. The molecule has 76 valence electrons. The maximum absolute atomic E-state index is 10.4. The maximum atomic E-state index is 10.4. The third-order valence-corrected chi connectivity index (χ3v) is 2.07. The Labute approximate surface area is 93.7 Å². The molecule has 3 N–H and O–H groups in total. The van der Waals surface area contributed by atoms with Crippen molar-refractivity contribution in [2.24, 2.45) is 0 Å².